The van der Waals surface area contributed by atoms with Crippen LogP contribution in [-0.2, 0) is 6.54 Å². The lowest BCUT2D eigenvalue weighted by molar-refractivity contribution is 0.0947. The van der Waals surface area contributed by atoms with Gasteiger partial charge in [-0.25, -0.2) is 4.39 Å². The zero-order valence-corrected chi connectivity index (χ0v) is 12.4. The highest BCUT2D eigenvalue weighted by Crippen LogP contribution is 2.21. The molecule has 0 aliphatic carbocycles. The first-order valence-corrected chi connectivity index (χ1v) is 6.69. The van der Waals surface area contributed by atoms with Crippen LogP contribution in [0, 0.1) is 19.7 Å². The average molecular weight is 287 g/mol. The summed E-state index contributed by atoms with van der Waals surface area (Å²) in [6, 6.07) is 10.3. The van der Waals surface area contributed by atoms with Crippen LogP contribution in [0.5, 0.6) is 5.75 Å². The van der Waals surface area contributed by atoms with Crippen LogP contribution in [0.25, 0.3) is 0 Å². The molecule has 0 saturated heterocycles. The number of amides is 1. The van der Waals surface area contributed by atoms with E-state index in [1.807, 2.05) is 19.1 Å². The van der Waals surface area contributed by atoms with Gasteiger partial charge in [0.2, 0.25) is 0 Å². The molecule has 21 heavy (non-hydrogen) atoms. The summed E-state index contributed by atoms with van der Waals surface area (Å²) in [5.41, 5.74) is 2.80. The number of hydrogen-bond donors (Lipinski definition) is 1. The van der Waals surface area contributed by atoms with Crippen LogP contribution in [0.1, 0.15) is 27.0 Å². The molecule has 0 saturated carbocycles. The second-order valence-corrected chi connectivity index (χ2v) is 4.92. The van der Waals surface area contributed by atoms with Crippen LogP contribution in [-0.4, -0.2) is 13.0 Å². The predicted octanol–water partition coefficient (Wildman–Crippen LogP) is 3.38. The van der Waals surface area contributed by atoms with Crippen molar-refractivity contribution in [3.63, 3.8) is 0 Å². The van der Waals surface area contributed by atoms with E-state index in [0.29, 0.717) is 23.4 Å². The fourth-order valence-electron chi connectivity index (χ4n) is 2.19. The molecule has 0 aliphatic rings. The molecule has 2 rings (SSSR count). The van der Waals surface area contributed by atoms with Crippen molar-refractivity contribution in [2.24, 2.45) is 0 Å². The molecule has 2 aromatic rings. The Labute approximate surface area is 123 Å². The van der Waals surface area contributed by atoms with Crippen LogP contribution < -0.4 is 10.1 Å². The highest BCUT2D eigenvalue weighted by atomic mass is 19.1. The lowest BCUT2D eigenvalue weighted by atomic mass is 10.1. The number of nitrogens with one attached hydrogen (secondary N) is 1. The normalized spacial score (nSPS) is 10.3. The fourth-order valence-corrected chi connectivity index (χ4v) is 2.19. The van der Waals surface area contributed by atoms with Crippen LogP contribution in [0.2, 0.25) is 0 Å². The molecule has 0 fully saturated rings. The molecule has 0 unspecified atom stereocenters. The molecule has 0 aliphatic heterocycles. The third-order valence-corrected chi connectivity index (χ3v) is 3.36. The van der Waals surface area contributed by atoms with E-state index in [0.717, 1.165) is 11.1 Å². The lowest BCUT2D eigenvalue weighted by Gasteiger charge is -2.12. The van der Waals surface area contributed by atoms with Gasteiger partial charge in [-0.2, -0.15) is 0 Å². The number of hydrogen-bond acceptors (Lipinski definition) is 2. The number of benzene rings is 2. The van der Waals surface area contributed by atoms with E-state index in [4.69, 9.17) is 4.74 Å². The van der Waals surface area contributed by atoms with Crippen LogP contribution in [0.4, 0.5) is 4.39 Å². The Hall–Kier alpha value is -2.36. The minimum atomic E-state index is -0.245. The summed E-state index contributed by atoms with van der Waals surface area (Å²) in [5.74, 6) is 0.0976. The van der Waals surface area contributed by atoms with Crippen molar-refractivity contribution >= 4 is 5.91 Å². The summed E-state index contributed by atoms with van der Waals surface area (Å²) in [6.45, 7) is 3.90. The molecule has 110 valence electrons. The Kier molecular flexibility index (Phi) is 4.58. The molecule has 2 aromatic carbocycles. The van der Waals surface area contributed by atoms with Gasteiger partial charge in [0.15, 0.2) is 0 Å². The molecule has 1 amide bonds. The van der Waals surface area contributed by atoms with Gasteiger partial charge in [0, 0.05) is 6.54 Å². The van der Waals surface area contributed by atoms with Crippen molar-refractivity contribution in [2.45, 2.75) is 20.4 Å². The maximum absolute atomic E-state index is 13.2. The number of aryl methyl sites for hydroxylation is 2. The highest BCUT2D eigenvalue weighted by molar-refractivity contribution is 5.98. The summed E-state index contributed by atoms with van der Waals surface area (Å²) in [5, 5.41) is 2.84. The molecule has 3 nitrogen and oxygen atoms in total. The molecule has 1 N–H and O–H groups in total. The highest BCUT2D eigenvalue weighted by Gasteiger charge is 2.14. The first kappa shape index (κ1) is 15.0. The lowest BCUT2D eigenvalue weighted by Crippen LogP contribution is -2.24. The van der Waals surface area contributed by atoms with Gasteiger partial charge in [-0.05, 0) is 42.7 Å². The average Bonchev–Trinajstić information content (AvgIpc) is 2.47. The van der Waals surface area contributed by atoms with Gasteiger partial charge in [0.05, 0.1) is 12.7 Å². The number of halogens is 1. The van der Waals surface area contributed by atoms with Gasteiger partial charge in [-0.15, -0.1) is 0 Å². The number of methoxy groups -OCH3 is 1. The van der Waals surface area contributed by atoms with Crippen molar-refractivity contribution in [1.29, 1.82) is 0 Å². The van der Waals surface area contributed by atoms with Crippen LogP contribution in [0.3, 0.4) is 0 Å². The van der Waals surface area contributed by atoms with Gasteiger partial charge in [-0.3, -0.25) is 4.79 Å². The van der Waals surface area contributed by atoms with Crippen LogP contribution >= 0.6 is 0 Å². The third-order valence-electron chi connectivity index (χ3n) is 3.36. The number of carbonyl (C=O) groups is 1. The fraction of sp³-hybridized carbons (Fsp3) is 0.235. The van der Waals surface area contributed by atoms with Gasteiger partial charge in [0.1, 0.15) is 11.6 Å². The molecule has 0 heterocycles. The van der Waals surface area contributed by atoms with Gasteiger partial charge in [0.25, 0.3) is 5.91 Å². The Morgan fingerprint density at radius 3 is 2.62 bits per heavy atom. The summed E-state index contributed by atoms with van der Waals surface area (Å²) in [6.07, 6.45) is 0. The minimum absolute atomic E-state index is 0.202. The molecular weight excluding hydrogens is 269 g/mol. The number of carbonyl (C=O) groups excluding carboxylic acids is 1. The zero-order chi connectivity index (χ0) is 15.4. The monoisotopic (exact) mass is 287 g/mol. The van der Waals surface area contributed by atoms with E-state index in [1.165, 1.54) is 13.2 Å². The van der Waals surface area contributed by atoms with Crippen molar-refractivity contribution in [3.8, 4) is 5.75 Å². The Morgan fingerprint density at radius 1 is 1.19 bits per heavy atom. The van der Waals surface area contributed by atoms with E-state index in [9.17, 15) is 9.18 Å². The van der Waals surface area contributed by atoms with E-state index in [2.05, 4.69) is 5.32 Å². The Bertz CT molecular complexity index is 668. The second kappa shape index (κ2) is 6.39. The molecule has 4 heteroatoms. The smallest absolute Gasteiger partial charge is 0.255 e. The Morgan fingerprint density at radius 2 is 1.95 bits per heavy atom. The standard InChI is InChI=1S/C17H18FNO2/c1-11-5-4-6-15(21-3)16(11)17(20)19-10-13-7-8-14(18)12(2)9-13/h4-9H,10H2,1-3H3,(H,19,20). The summed E-state index contributed by atoms with van der Waals surface area (Å²) in [7, 11) is 1.54. The quantitative estimate of drug-likeness (QED) is 0.936. The van der Waals surface area contributed by atoms with Crippen molar-refractivity contribution in [2.75, 3.05) is 7.11 Å². The number of ether oxygens (including phenoxy) is 1. The summed E-state index contributed by atoms with van der Waals surface area (Å²) in [4.78, 5) is 12.3. The van der Waals surface area contributed by atoms with Crippen molar-refractivity contribution in [1.82, 2.24) is 5.32 Å². The first-order valence-electron chi connectivity index (χ1n) is 6.69. The van der Waals surface area contributed by atoms with Crippen LogP contribution in [0.15, 0.2) is 36.4 Å². The predicted molar refractivity (Wildman–Crippen MR) is 80.0 cm³/mol. The molecule has 0 atom stereocenters. The van der Waals surface area contributed by atoms with E-state index < -0.39 is 0 Å². The summed E-state index contributed by atoms with van der Waals surface area (Å²) < 4.78 is 18.4. The molecule has 0 aromatic heterocycles. The second-order valence-electron chi connectivity index (χ2n) is 4.92. The third kappa shape index (κ3) is 3.40. The van der Waals surface area contributed by atoms with Gasteiger partial charge < -0.3 is 10.1 Å². The Balaban J connectivity index is 2.13. The maximum Gasteiger partial charge on any atom is 0.255 e. The SMILES string of the molecule is COc1cccc(C)c1C(=O)NCc1ccc(F)c(C)c1. The zero-order valence-electron chi connectivity index (χ0n) is 12.4. The van der Waals surface area contributed by atoms with Gasteiger partial charge in [-0.1, -0.05) is 24.3 Å². The topological polar surface area (TPSA) is 38.3 Å². The van der Waals surface area contributed by atoms with E-state index in [1.54, 1.807) is 25.1 Å². The van der Waals surface area contributed by atoms with E-state index in [-0.39, 0.29) is 11.7 Å². The maximum atomic E-state index is 13.2. The molecule has 0 radical (unpaired) electrons. The summed E-state index contributed by atoms with van der Waals surface area (Å²) >= 11 is 0. The largest absolute Gasteiger partial charge is 0.496 e. The molecule has 0 bridgehead atoms. The first-order chi connectivity index (χ1) is 10.0. The molecule has 0 spiro atoms. The van der Waals surface area contributed by atoms with Crippen molar-refractivity contribution < 1.29 is 13.9 Å². The van der Waals surface area contributed by atoms with Gasteiger partial charge >= 0.3 is 0 Å². The van der Waals surface area contributed by atoms with E-state index >= 15 is 0 Å². The van der Waals surface area contributed by atoms with Crippen molar-refractivity contribution in [3.05, 3.63) is 64.5 Å². The number of rotatable bonds is 4. The molecular formula is C17H18FNO2. The minimum Gasteiger partial charge on any atom is -0.496 e.